The molecule has 0 amide bonds. The quantitative estimate of drug-likeness (QED) is 0.615. The molecule has 12 heavy (non-hydrogen) atoms. The summed E-state index contributed by atoms with van der Waals surface area (Å²) in [7, 11) is 0. The first-order valence-electron chi connectivity index (χ1n) is 5.14. The Hall–Kier alpha value is -0.0400. The summed E-state index contributed by atoms with van der Waals surface area (Å²) in [5, 5.41) is 0. The van der Waals surface area contributed by atoms with Gasteiger partial charge in [0.05, 0.1) is 6.61 Å². The molecule has 0 aliphatic carbocycles. The lowest BCUT2D eigenvalue weighted by atomic mass is 9.99. The van der Waals surface area contributed by atoms with E-state index in [0.717, 1.165) is 13.2 Å². The van der Waals surface area contributed by atoms with Crippen LogP contribution in [0.1, 0.15) is 55.4 Å². The molecular weight excluding hydrogens is 148 g/mol. The minimum Gasteiger partial charge on any atom is -0.381 e. The highest BCUT2D eigenvalue weighted by molar-refractivity contribution is 4.57. The van der Waals surface area contributed by atoms with Crippen molar-refractivity contribution >= 4 is 0 Å². The van der Waals surface area contributed by atoms with Crippen LogP contribution in [0.15, 0.2) is 0 Å². The van der Waals surface area contributed by atoms with Crippen LogP contribution >= 0.6 is 0 Å². The first-order valence-corrected chi connectivity index (χ1v) is 5.14. The average Bonchev–Trinajstić information content (AvgIpc) is 2.07. The van der Waals surface area contributed by atoms with Gasteiger partial charge in [-0.05, 0) is 12.3 Å². The van der Waals surface area contributed by atoms with Crippen LogP contribution in [-0.2, 0) is 4.74 Å². The zero-order valence-corrected chi connectivity index (χ0v) is 10.3. The first kappa shape index (κ1) is 17.9. The van der Waals surface area contributed by atoms with Crippen LogP contribution in [0.25, 0.3) is 0 Å². The van der Waals surface area contributed by atoms with E-state index in [-0.39, 0.29) is 0 Å². The van der Waals surface area contributed by atoms with Crippen molar-refractivity contribution in [2.45, 2.75) is 55.4 Å². The van der Waals surface area contributed by atoms with Gasteiger partial charge in [-0.1, -0.05) is 48.5 Å². The predicted octanol–water partition coefficient (Wildman–Crippen LogP) is 4.12. The molecule has 0 aromatic rings. The summed E-state index contributed by atoms with van der Waals surface area (Å²) in [5.41, 5.74) is 0.329. The van der Waals surface area contributed by atoms with Crippen molar-refractivity contribution in [3.8, 4) is 0 Å². The average molecular weight is 176 g/mol. The molecule has 0 atom stereocenters. The van der Waals surface area contributed by atoms with E-state index in [4.69, 9.17) is 4.74 Å². The molecule has 0 aliphatic heterocycles. The van der Waals surface area contributed by atoms with Crippen LogP contribution < -0.4 is 0 Å². The summed E-state index contributed by atoms with van der Waals surface area (Å²) < 4.78 is 5.20. The molecule has 0 aromatic heterocycles. The highest BCUT2D eigenvalue weighted by Gasteiger charge is 2.08. The Bertz CT molecular complexity index is 52.5. The standard InChI is InChI=1S/C7H16O.2C2H6/c1-5-8-6-7(2,3)4;2*1-2/h5-6H2,1-4H3;2*1-2H3. The monoisotopic (exact) mass is 176 g/mol. The van der Waals surface area contributed by atoms with Crippen LogP contribution in [0.5, 0.6) is 0 Å². The normalized spacial score (nSPS) is 9.00. The van der Waals surface area contributed by atoms with Gasteiger partial charge in [0.1, 0.15) is 0 Å². The lowest BCUT2D eigenvalue weighted by Crippen LogP contribution is -2.14. The van der Waals surface area contributed by atoms with Gasteiger partial charge in [-0.15, -0.1) is 0 Å². The molecule has 0 fully saturated rings. The van der Waals surface area contributed by atoms with Crippen LogP contribution in [0.3, 0.4) is 0 Å². The largest absolute Gasteiger partial charge is 0.381 e. The predicted molar refractivity (Wildman–Crippen MR) is 58.6 cm³/mol. The van der Waals surface area contributed by atoms with E-state index >= 15 is 0 Å². The van der Waals surface area contributed by atoms with E-state index in [1.807, 2.05) is 34.6 Å². The van der Waals surface area contributed by atoms with Gasteiger partial charge < -0.3 is 4.74 Å². The second-order valence-electron chi connectivity index (χ2n) is 3.20. The second-order valence-corrected chi connectivity index (χ2v) is 3.20. The summed E-state index contributed by atoms with van der Waals surface area (Å²) in [5.74, 6) is 0. The minimum absolute atomic E-state index is 0.329. The number of rotatable bonds is 2. The maximum absolute atomic E-state index is 5.20. The number of ether oxygens (including phenoxy) is 1. The molecule has 0 N–H and O–H groups in total. The van der Waals surface area contributed by atoms with Gasteiger partial charge in [0.25, 0.3) is 0 Å². The smallest absolute Gasteiger partial charge is 0.0514 e. The number of hydrogen-bond acceptors (Lipinski definition) is 1. The van der Waals surface area contributed by atoms with E-state index in [1.165, 1.54) is 0 Å². The van der Waals surface area contributed by atoms with E-state index < -0.39 is 0 Å². The molecule has 0 rings (SSSR count). The lowest BCUT2D eigenvalue weighted by molar-refractivity contribution is 0.0805. The molecular formula is C11H28O. The van der Waals surface area contributed by atoms with Crippen LogP contribution in [0, 0.1) is 5.41 Å². The summed E-state index contributed by atoms with van der Waals surface area (Å²) in [6.07, 6.45) is 0. The summed E-state index contributed by atoms with van der Waals surface area (Å²) in [6.45, 7) is 18.2. The molecule has 0 bridgehead atoms. The van der Waals surface area contributed by atoms with Gasteiger partial charge in [0, 0.05) is 6.61 Å². The van der Waals surface area contributed by atoms with E-state index in [0.29, 0.717) is 5.41 Å². The topological polar surface area (TPSA) is 9.23 Å². The maximum Gasteiger partial charge on any atom is 0.0514 e. The fourth-order valence-corrected chi connectivity index (χ4v) is 0.408. The van der Waals surface area contributed by atoms with Crippen molar-refractivity contribution in [3.05, 3.63) is 0 Å². The van der Waals surface area contributed by atoms with Crippen molar-refractivity contribution in [2.75, 3.05) is 13.2 Å². The third-order valence-electron chi connectivity index (χ3n) is 0.739. The van der Waals surface area contributed by atoms with Gasteiger partial charge >= 0.3 is 0 Å². The second kappa shape index (κ2) is 13.5. The van der Waals surface area contributed by atoms with Crippen molar-refractivity contribution in [1.29, 1.82) is 0 Å². The Morgan fingerprint density at radius 3 is 1.33 bits per heavy atom. The van der Waals surface area contributed by atoms with Crippen LogP contribution in [-0.4, -0.2) is 13.2 Å². The third kappa shape index (κ3) is 32.5. The molecule has 0 aliphatic rings. The van der Waals surface area contributed by atoms with Crippen molar-refractivity contribution < 1.29 is 4.74 Å². The Balaban J connectivity index is -0.000000175. The van der Waals surface area contributed by atoms with Gasteiger partial charge in [0.2, 0.25) is 0 Å². The molecule has 0 saturated carbocycles. The van der Waals surface area contributed by atoms with Crippen molar-refractivity contribution in [3.63, 3.8) is 0 Å². The van der Waals surface area contributed by atoms with E-state index in [1.54, 1.807) is 0 Å². The van der Waals surface area contributed by atoms with Gasteiger partial charge in [-0.25, -0.2) is 0 Å². The highest BCUT2D eigenvalue weighted by Crippen LogP contribution is 2.12. The van der Waals surface area contributed by atoms with E-state index in [9.17, 15) is 0 Å². The summed E-state index contributed by atoms with van der Waals surface area (Å²) in [4.78, 5) is 0. The zero-order chi connectivity index (χ0) is 10.6. The van der Waals surface area contributed by atoms with Gasteiger partial charge in [0.15, 0.2) is 0 Å². The molecule has 0 heterocycles. The van der Waals surface area contributed by atoms with Crippen molar-refractivity contribution in [2.24, 2.45) is 5.41 Å². The van der Waals surface area contributed by atoms with Crippen molar-refractivity contribution in [1.82, 2.24) is 0 Å². The Labute approximate surface area is 79.5 Å². The lowest BCUT2D eigenvalue weighted by Gasteiger charge is -2.16. The fraction of sp³-hybridized carbons (Fsp3) is 1.00. The first-order chi connectivity index (χ1) is 5.56. The molecule has 0 aromatic carbocycles. The van der Waals surface area contributed by atoms with Gasteiger partial charge in [-0.3, -0.25) is 0 Å². The molecule has 0 radical (unpaired) electrons. The SMILES string of the molecule is CC.CC.CCOCC(C)(C)C. The molecule has 0 saturated heterocycles. The van der Waals surface area contributed by atoms with Gasteiger partial charge in [-0.2, -0.15) is 0 Å². The molecule has 1 heteroatoms. The summed E-state index contributed by atoms with van der Waals surface area (Å²) >= 11 is 0. The van der Waals surface area contributed by atoms with Crippen LogP contribution in [0.2, 0.25) is 0 Å². The molecule has 1 nitrogen and oxygen atoms in total. The molecule has 78 valence electrons. The Morgan fingerprint density at radius 2 is 1.25 bits per heavy atom. The minimum atomic E-state index is 0.329. The molecule has 0 spiro atoms. The van der Waals surface area contributed by atoms with Crippen LogP contribution in [0.4, 0.5) is 0 Å². The zero-order valence-electron chi connectivity index (χ0n) is 10.3. The fourth-order valence-electron chi connectivity index (χ4n) is 0.408. The Morgan fingerprint density at radius 1 is 0.917 bits per heavy atom. The maximum atomic E-state index is 5.20. The third-order valence-corrected chi connectivity index (χ3v) is 0.739. The highest BCUT2D eigenvalue weighted by atomic mass is 16.5. The summed E-state index contributed by atoms with van der Waals surface area (Å²) in [6, 6.07) is 0. The Kier molecular flexibility index (Phi) is 20.2. The number of hydrogen-bond donors (Lipinski definition) is 0. The molecule has 0 unspecified atom stereocenters. The van der Waals surface area contributed by atoms with E-state index in [2.05, 4.69) is 20.8 Å².